The molecule has 0 radical (unpaired) electrons. The van der Waals surface area contributed by atoms with Crippen LogP contribution in [0, 0.1) is 5.82 Å². The Labute approximate surface area is 106 Å². The van der Waals surface area contributed by atoms with Crippen molar-refractivity contribution in [1.82, 2.24) is 0 Å². The molecule has 2 nitrogen and oxygen atoms in total. The molecule has 1 heterocycles. The number of hydrogen-bond acceptors (Lipinski definition) is 3. The highest BCUT2D eigenvalue weighted by molar-refractivity contribution is 7.19. The van der Waals surface area contributed by atoms with Gasteiger partial charge < -0.3 is 10.5 Å². The summed E-state index contributed by atoms with van der Waals surface area (Å²) in [6, 6.07) is 4.73. The van der Waals surface area contributed by atoms with E-state index in [-0.39, 0.29) is 19.0 Å². The van der Waals surface area contributed by atoms with Gasteiger partial charge in [0, 0.05) is 27.1 Å². The van der Waals surface area contributed by atoms with E-state index in [9.17, 15) is 13.2 Å². The summed E-state index contributed by atoms with van der Waals surface area (Å²) >= 11 is 1.36. The van der Waals surface area contributed by atoms with Gasteiger partial charge in [0.2, 0.25) is 0 Å². The van der Waals surface area contributed by atoms with Gasteiger partial charge in [0.15, 0.2) is 0 Å². The minimum atomic E-state index is -2.53. The number of fused-ring (bicyclic) bond motifs is 1. The number of thiophene rings is 1. The summed E-state index contributed by atoms with van der Waals surface area (Å²) in [5.41, 5.74) is 6.16. The Morgan fingerprint density at radius 2 is 2.11 bits per heavy atom. The summed E-state index contributed by atoms with van der Waals surface area (Å²) in [7, 11) is 0. The van der Waals surface area contributed by atoms with E-state index in [0.29, 0.717) is 10.9 Å². The summed E-state index contributed by atoms with van der Waals surface area (Å²) in [5.74, 6) is -0.376. The Morgan fingerprint density at radius 1 is 1.33 bits per heavy atom. The van der Waals surface area contributed by atoms with Crippen LogP contribution in [-0.2, 0) is 17.9 Å². The lowest BCUT2D eigenvalue weighted by molar-refractivity contribution is 0.0101. The molecule has 0 saturated carbocycles. The predicted molar refractivity (Wildman–Crippen MR) is 65.3 cm³/mol. The van der Waals surface area contributed by atoms with E-state index in [2.05, 4.69) is 0 Å². The first kappa shape index (κ1) is 13.3. The molecule has 1 aromatic heterocycles. The van der Waals surface area contributed by atoms with Crippen LogP contribution in [0.15, 0.2) is 18.2 Å². The average molecular weight is 275 g/mol. The molecule has 0 bridgehead atoms. The zero-order chi connectivity index (χ0) is 13.1. The Morgan fingerprint density at radius 3 is 2.78 bits per heavy atom. The average Bonchev–Trinajstić information content (AvgIpc) is 2.68. The quantitative estimate of drug-likeness (QED) is 0.908. The molecule has 98 valence electrons. The monoisotopic (exact) mass is 275 g/mol. The van der Waals surface area contributed by atoms with E-state index in [0.717, 1.165) is 9.58 Å². The van der Waals surface area contributed by atoms with Crippen molar-refractivity contribution in [3.63, 3.8) is 0 Å². The van der Waals surface area contributed by atoms with Crippen molar-refractivity contribution in [2.45, 2.75) is 19.6 Å². The van der Waals surface area contributed by atoms with E-state index in [1.165, 1.54) is 17.4 Å². The van der Waals surface area contributed by atoms with Crippen molar-refractivity contribution < 1.29 is 17.9 Å². The lowest BCUT2D eigenvalue weighted by Crippen LogP contribution is -2.06. The first-order valence-electron chi connectivity index (χ1n) is 5.38. The third-order valence-corrected chi connectivity index (χ3v) is 3.74. The Balaban J connectivity index is 2.34. The number of alkyl halides is 2. The van der Waals surface area contributed by atoms with E-state index < -0.39 is 13.0 Å². The first-order valence-corrected chi connectivity index (χ1v) is 6.20. The maximum absolute atomic E-state index is 13.7. The molecule has 18 heavy (non-hydrogen) atoms. The van der Waals surface area contributed by atoms with Crippen LogP contribution >= 0.6 is 11.3 Å². The molecule has 0 aliphatic rings. The van der Waals surface area contributed by atoms with Crippen LogP contribution in [0.4, 0.5) is 13.2 Å². The summed E-state index contributed by atoms with van der Waals surface area (Å²) in [6.45, 7) is -0.459. The van der Waals surface area contributed by atoms with Gasteiger partial charge in [-0.3, -0.25) is 0 Å². The number of rotatable bonds is 5. The highest BCUT2D eigenvalue weighted by atomic mass is 32.1. The van der Waals surface area contributed by atoms with Gasteiger partial charge in [-0.25, -0.2) is 13.2 Å². The lowest BCUT2D eigenvalue weighted by atomic mass is 10.1. The fourth-order valence-electron chi connectivity index (χ4n) is 1.78. The third-order valence-electron chi connectivity index (χ3n) is 2.52. The van der Waals surface area contributed by atoms with Gasteiger partial charge in [-0.15, -0.1) is 11.3 Å². The SMILES string of the molecule is NCc1sc2cccc(F)c2c1COCC(F)F. The van der Waals surface area contributed by atoms with E-state index in [4.69, 9.17) is 10.5 Å². The molecule has 2 rings (SSSR count). The maximum atomic E-state index is 13.7. The summed E-state index contributed by atoms with van der Waals surface area (Å²) in [4.78, 5) is 0.768. The van der Waals surface area contributed by atoms with Crippen LogP contribution < -0.4 is 5.73 Å². The Hall–Kier alpha value is -1.11. The Bertz CT molecular complexity index is 541. The van der Waals surface area contributed by atoms with E-state index in [1.807, 2.05) is 0 Å². The molecule has 0 atom stereocenters. The third kappa shape index (κ3) is 2.66. The smallest absolute Gasteiger partial charge is 0.261 e. The molecule has 0 spiro atoms. The zero-order valence-electron chi connectivity index (χ0n) is 9.46. The molecule has 0 aliphatic heterocycles. The number of benzene rings is 1. The number of halogens is 3. The minimum absolute atomic E-state index is 0.0438. The van der Waals surface area contributed by atoms with E-state index >= 15 is 0 Å². The molecule has 6 heteroatoms. The van der Waals surface area contributed by atoms with Gasteiger partial charge in [0.05, 0.1) is 6.61 Å². The van der Waals surface area contributed by atoms with Crippen molar-refractivity contribution >= 4 is 21.4 Å². The second-order valence-corrected chi connectivity index (χ2v) is 4.86. The van der Waals surface area contributed by atoms with Gasteiger partial charge in [-0.2, -0.15) is 0 Å². The molecule has 1 aromatic carbocycles. The number of hydrogen-bond donors (Lipinski definition) is 1. The molecule has 0 amide bonds. The van der Waals surface area contributed by atoms with Gasteiger partial charge in [0.25, 0.3) is 6.43 Å². The summed E-state index contributed by atoms with van der Waals surface area (Å²) in [6.07, 6.45) is -2.53. The molecule has 2 N–H and O–H groups in total. The van der Waals surface area contributed by atoms with Crippen LogP contribution in [0.1, 0.15) is 10.4 Å². The fourth-order valence-corrected chi connectivity index (χ4v) is 2.89. The molecular weight excluding hydrogens is 263 g/mol. The highest BCUT2D eigenvalue weighted by Crippen LogP contribution is 2.33. The number of nitrogens with two attached hydrogens (primary N) is 1. The van der Waals surface area contributed by atoms with E-state index in [1.54, 1.807) is 12.1 Å². The van der Waals surface area contributed by atoms with Crippen molar-refractivity contribution in [2.24, 2.45) is 5.73 Å². The lowest BCUT2D eigenvalue weighted by Gasteiger charge is -2.05. The summed E-state index contributed by atoms with van der Waals surface area (Å²) < 4.78 is 43.4. The van der Waals surface area contributed by atoms with Gasteiger partial charge in [-0.05, 0) is 12.1 Å². The zero-order valence-corrected chi connectivity index (χ0v) is 10.3. The van der Waals surface area contributed by atoms with Gasteiger partial charge in [0.1, 0.15) is 12.4 Å². The molecule has 0 aliphatic carbocycles. The van der Waals surface area contributed by atoms with Crippen LogP contribution in [0.5, 0.6) is 0 Å². The molecule has 0 fully saturated rings. The second kappa shape index (κ2) is 5.69. The molecule has 0 saturated heterocycles. The molecule has 2 aromatic rings. The fraction of sp³-hybridized carbons (Fsp3) is 0.333. The largest absolute Gasteiger partial charge is 0.371 e. The second-order valence-electron chi connectivity index (χ2n) is 3.73. The predicted octanol–water partition coefficient (Wildman–Crippen LogP) is 3.28. The number of ether oxygens (including phenoxy) is 1. The molecule has 0 unspecified atom stereocenters. The standard InChI is InChI=1S/C12H12F3NOS/c13-8-2-1-3-9-12(8)7(10(4-16)18-9)5-17-6-11(14)15/h1-3,11H,4-6,16H2. The molecular formula is C12H12F3NOS. The first-order chi connectivity index (χ1) is 8.63. The van der Waals surface area contributed by atoms with Crippen LogP contribution in [0.2, 0.25) is 0 Å². The topological polar surface area (TPSA) is 35.2 Å². The highest BCUT2D eigenvalue weighted by Gasteiger charge is 2.15. The van der Waals surface area contributed by atoms with Gasteiger partial charge in [-0.1, -0.05) is 6.07 Å². The van der Waals surface area contributed by atoms with Crippen LogP contribution in [0.25, 0.3) is 10.1 Å². The minimum Gasteiger partial charge on any atom is -0.371 e. The van der Waals surface area contributed by atoms with Crippen molar-refractivity contribution in [3.05, 3.63) is 34.5 Å². The van der Waals surface area contributed by atoms with Crippen molar-refractivity contribution in [1.29, 1.82) is 0 Å². The van der Waals surface area contributed by atoms with Crippen LogP contribution in [0.3, 0.4) is 0 Å². The normalized spacial score (nSPS) is 11.6. The Kier molecular flexibility index (Phi) is 4.21. The van der Waals surface area contributed by atoms with Crippen molar-refractivity contribution in [3.8, 4) is 0 Å². The maximum Gasteiger partial charge on any atom is 0.261 e. The van der Waals surface area contributed by atoms with Crippen LogP contribution in [-0.4, -0.2) is 13.0 Å². The van der Waals surface area contributed by atoms with Gasteiger partial charge >= 0.3 is 0 Å². The van der Waals surface area contributed by atoms with Crippen molar-refractivity contribution in [2.75, 3.05) is 6.61 Å². The summed E-state index contributed by atoms with van der Waals surface area (Å²) in [5, 5.41) is 0.428.